The molecule has 0 atom stereocenters. The number of halogens is 5. The van der Waals surface area contributed by atoms with Crippen LogP contribution in [-0.2, 0) is 6.42 Å². The van der Waals surface area contributed by atoms with Gasteiger partial charge in [-0.2, -0.15) is 0 Å². The van der Waals surface area contributed by atoms with Gasteiger partial charge in [0.1, 0.15) is 5.82 Å². The molecule has 0 nitrogen and oxygen atoms in total. The zero-order chi connectivity index (χ0) is 24.5. The molecule has 2 aromatic carbocycles. The van der Waals surface area contributed by atoms with E-state index in [0.29, 0.717) is 5.92 Å². The van der Waals surface area contributed by atoms with Crippen LogP contribution in [0.2, 0.25) is 0 Å². The van der Waals surface area contributed by atoms with E-state index in [9.17, 15) is 22.0 Å². The monoisotopic (exact) mass is 480 g/mol. The van der Waals surface area contributed by atoms with E-state index >= 15 is 0 Å². The first kappa shape index (κ1) is 26.7. The Morgan fingerprint density at radius 2 is 1.26 bits per heavy atom. The van der Waals surface area contributed by atoms with E-state index in [0.717, 1.165) is 24.2 Å². The third kappa shape index (κ3) is 7.55. The molecule has 2 aromatic rings. The van der Waals surface area contributed by atoms with Crippen molar-refractivity contribution in [1.29, 1.82) is 0 Å². The first-order valence-corrected chi connectivity index (χ1v) is 12.9. The fourth-order valence-electron chi connectivity index (χ4n) is 5.80. The molecular weight excluding hydrogens is 443 g/mol. The number of rotatable bonds is 6. The van der Waals surface area contributed by atoms with E-state index in [2.05, 4.69) is 31.2 Å². The zero-order valence-electron chi connectivity index (χ0n) is 20.1. The molecule has 5 heteroatoms. The molecule has 0 N–H and O–H groups in total. The highest BCUT2D eigenvalue weighted by Crippen LogP contribution is 2.44. The van der Waals surface area contributed by atoms with E-state index in [-0.39, 0.29) is 18.8 Å². The van der Waals surface area contributed by atoms with E-state index in [4.69, 9.17) is 0 Å². The largest absolute Gasteiger partial charge is 0.251 e. The predicted molar refractivity (Wildman–Crippen MR) is 127 cm³/mol. The fourth-order valence-corrected chi connectivity index (χ4v) is 5.80. The van der Waals surface area contributed by atoms with Gasteiger partial charge in [0.05, 0.1) is 6.67 Å². The van der Waals surface area contributed by atoms with Gasteiger partial charge in [0.2, 0.25) is 0 Å². The number of alkyl halides is 1. The van der Waals surface area contributed by atoms with Crippen molar-refractivity contribution in [3.63, 3.8) is 0 Å². The van der Waals surface area contributed by atoms with Gasteiger partial charge in [-0.3, -0.25) is 4.39 Å². The molecule has 0 aliphatic heterocycles. The molecule has 188 valence electrons. The van der Waals surface area contributed by atoms with Gasteiger partial charge in [-0.25, -0.2) is 17.6 Å². The van der Waals surface area contributed by atoms with E-state index in [1.165, 1.54) is 69.8 Å². The van der Waals surface area contributed by atoms with Gasteiger partial charge < -0.3 is 0 Å². The normalized spacial score (nSPS) is 24.9. The molecule has 0 unspecified atom stereocenters. The molecule has 0 amide bonds. The van der Waals surface area contributed by atoms with Crippen molar-refractivity contribution in [3.05, 3.63) is 70.8 Å². The third-order valence-corrected chi connectivity index (χ3v) is 7.79. The van der Waals surface area contributed by atoms with Crippen LogP contribution in [0.3, 0.4) is 0 Å². The quantitative estimate of drug-likeness (QED) is 0.219. The Morgan fingerprint density at radius 3 is 1.76 bits per heavy atom. The third-order valence-electron chi connectivity index (χ3n) is 7.79. The lowest BCUT2D eigenvalue weighted by Gasteiger charge is -2.38. The summed E-state index contributed by atoms with van der Waals surface area (Å²) in [5, 5.41) is 0. The van der Waals surface area contributed by atoms with Gasteiger partial charge in [0.25, 0.3) is 0 Å². The van der Waals surface area contributed by atoms with Crippen molar-refractivity contribution in [3.8, 4) is 0 Å². The molecule has 4 rings (SSSR count). The first-order chi connectivity index (χ1) is 16.4. The summed E-state index contributed by atoms with van der Waals surface area (Å²) in [6.45, 7) is 2.14. The van der Waals surface area contributed by atoms with E-state index in [1.807, 2.05) is 0 Å². The average Bonchev–Trinajstić information content (AvgIpc) is 2.84. The van der Waals surface area contributed by atoms with Crippen molar-refractivity contribution >= 4 is 0 Å². The minimum Gasteiger partial charge on any atom is -0.251 e. The highest BCUT2D eigenvalue weighted by atomic mass is 19.2. The Morgan fingerprint density at radius 1 is 0.735 bits per heavy atom. The van der Waals surface area contributed by atoms with Gasteiger partial charge in [-0.05, 0) is 86.2 Å². The van der Waals surface area contributed by atoms with Crippen LogP contribution in [0.1, 0.15) is 88.2 Å². The summed E-state index contributed by atoms with van der Waals surface area (Å²) in [4.78, 5) is 0. The predicted octanol–water partition coefficient (Wildman–Crippen LogP) is 9.32. The van der Waals surface area contributed by atoms with Gasteiger partial charge in [-0.15, -0.1) is 0 Å². The number of hydrogen-bond acceptors (Lipinski definition) is 0. The van der Waals surface area contributed by atoms with E-state index < -0.39 is 23.3 Å². The smallest absolute Gasteiger partial charge is 0.194 e. The lowest BCUT2D eigenvalue weighted by atomic mass is 9.68. The Hall–Kier alpha value is -1.91. The summed E-state index contributed by atoms with van der Waals surface area (Å²) in [5.74, 6) is -2.45. The number of aryl methyl sites for hydroxylation is 1. The molecule has 2 fully saturated rings. The van der Waals surface area contributed by atoms with Crippen molar-refractivity contribution in [2.75, 3.05) is 6.67 Å². The molecule has 34 heavy (non-hydrogen) atoms. The Kier molecular flexibility index (Phi) is 10.4. The van der Waals surface area contributed by atoms with Crippen LogP contribution in [0.4, 0.5) is 22.0 Å². The molecular formula is C29H37F5. The van der Waals surface area contributed by atoms with Crippen molar-refractivity contribution in [1.82, 2.24) is 0 Å². The molecule has 2 aliphatic rings. The lowest BCUT2D eigenvalue weighted by Crippen LogP contribution is -2.25. The van der Waals surface area contributed by atoms with Gasteiger partial charge in [0, 0.05) is 12.1 Å². The lowest BCUT2D eigenvalue weighted by molar-refractivity contribution is 0.153. The van der Waals surface area contributed by atoms with Crippen molar-refractivity contribution < 1.29 is 22.0 Å². The van der Waals surface area contributed by atoms with Crippen LogP contribution in [0, 0.1) is 41.0 Å². The van der Waals surface area contributed by atoms with Crippen molar-refractivity contribution in [2.24, 2.45) is 17.8 Å². The van der Waals surface area contributed by atoms with Crippen LogP contribution in [0.15, 0.2) is 36.4 Å². The molecule has 0 bridgehead atoms. The molecule has 2 saturated carbocycles. The van der Waals surface area contributed by atoms with Gasteiger partial charge >= 0.3 is 0 Å². The maximum absolute atomic E-state index is 12.5. The summed E-state index contributed by atoms with van der Waals surface area (Å²) in [6, 6.07) is 10.0. The molecule has 2 aliphatic carbocycles. The van der Waals surface area contributed by atoms with E-state index in [1.54, 1.807) is 5.56 Å². The summed E-state index contributed by atoms with van der Waals surface area (Å²) in [6.07, 6.45) is 14.1. The first-order valence-electron chi connectivity index (χ1n) is 12.9. The maximum atomic E-state index is 12.5. The molecule has 0 spiro atoms. The summed E-state index contributed by atoms with van der Waals surface area (Å²) in [7, 11) is 0. The average molecular weight is 481 g/mol. The van der Waals surface area contributed by atoms with Crippen LogP contribution >= 0.6 is 0 Å². The summed E-state index contributed by atoms with van der Waals surface area (Å²) >= 11 is 0. The van der Waals surface area contributed by atoms with Gasteiger partial charge in [-0.1, -0.05) is 50.5 Å². The van der Waals surface area contributed by atoms with Crippen LogP contribution in [-0.4, -0.2) is 6.67 Å². The Labute approximate surface area is 201 Å². The second-order valence-electron chi connectivity index (χ2n) is 10.0. The van der Waals surface area contributed by atoms with Crippen LogP contribution in [0.5, 0.6) is 0 Å². The Balaban J connectivity index is 0.000000271. The minimum atomic E-state index is -1.65. The van der Waals surface area contributed by atoms with Crippen molar-refractivity contribution in [2.45, 2.75) is 83.5 Å². The molecule has 0 radical (unpaired) electrons. The van der Waals surface area contributed by atoms with Crippen LogP contribution in [0.25, 0.3) is 0 Å². The SMILES string of the molecule is CCCc1ccc(C2CCC(C3CCC(CCF)CC3)CC2)cc1.Fc1cc(F)c(F)c(F)c1. The molecule has 0 heterocycles. The van der Waals surface area contributed by atoms with Crippen LogP contribution < -0.4 is 0 Å². The maximum Gasteiger partial charge on any atom is 0.194 e. The standard InChI is InChI=1S/C23H35F.C6H2F4/c1-2-3-18-4-8-20(9-5-18)22-12-14-23(15-13-22)21-10-6-19(7-11-21)16-17-24;7-3-1-4(8)6(10)5(9)2-3/h4-5,8-9,19,21-23H,2-3,6-7,10-17H2,1H3;1-2H. The zero-order valence-corrected chi connectivity index (χ0v) is 20.1. The second-order valence-corrected chi connectivity index (χ2v) is 10.0. The minimum absolute atomic E-state index is 0.114. The molecule has 0 saturated heterocycles. The summed E-state index contributed by atoms with van der Waals surface area (Å²) < 4.78 is 60.4. The second kappa shape index (κ2) is 13.3. The Bertz CT molecular complexity index is 840. The number of hydrogen-bond donors (Lipinski definition) is 0. The molecule has 0 aromatic heterocycles. The van der Waals surface area contributed by atoms with Gasteiger partial charge in [0.15, 0.2) is 17.5 Å². The fraction of sp³-hybridized carbons (Fsp3) is 0.586. The summed E-state index contributed by atoms with van der Waals surface area (Å²) in [5.41, 5.74) is 3.06. The topological polar surface area (TPSA) is 0 Å². The highest BCUT2D eigenvalue weighted by Gasteiger charge is 2.31. The highest BCUT2D eigenvalue weighted by molar-refractivity contribution is 5.26. The number of benzene rings is 2.